The van der Waals surface area contributed by atoms with Crippen molar-refractivity contribution in [1.29, 1.82) is 0 Å². The van der Waals surface area contributed by atoms with E-state index in [1.165, 1.54) is 0 Å². The molecule has 0 spiro atoms. The Bertz CT molecular complexity index is 711. The van der Waals surface area contributed by atoms with E-state index in [4.69, 9.17) is 9.47 Å². The minimum atomic E-state index is -0.0989. The molecule has 1 saturated heterocycles. The van der Waals surface area contributed by atoms with Crippen LogP contribution in [0.25, 0.3) is 0 Å². The van der Waals surface area contributed by atoms with E-state index < -0.39 is 0 Å². The SMILES string of the molecule is CC(NC(=O)c1ccc(OCC2CCCO2)cc1)c1cccc(Br)c1. The van der Waals surface area contributed by atoms with E-state index in [9.17, 15) is 4.79 Å². The minimum Gasteiger partial charge on any atom is -0.491 e. The van der Waals surface area contributed by atoms with Gasteiger partial charge in [0.15, 0.2) is 0 Å². The Hall–Kier alpha value is -1.85. The van der Waals surface area contributed by atoms with E-state index in [2.05, 4.69) is 21.2 Å². The Kier molecular flexibility index (Phi) is 6.10. The third kappa shape index (κ3) is 5.06. The first-order valence-electron chi connectivity index (χ1n) is 8.52. The molecule has 0 saturated carbocycles. The highest BCUT2D eigenvalue weighted by Gasteiger charge is 2.16. The molecule has 25 heavy (non-hydrogen) atoms. The molecule has 2 unspecified atom stereocenters. The highest BCUT2D eigenvalue weighted by atomic mass is 79.9. The number of hydrogen-bond donors (Lipinski definition) is 1. The second-order valence-electron chi connectivity index (χ2n) is 6.22. The molecule has 1 N–H and O–H groups in total. The fourth-order valence-corrected chi connectivity index (χ4v) is 3.22. The second-order valence-corrected chi connectivity index (χ2v) is 7.14. The number of halogens is 1. The molecule has 132 valence electrons. The summed E-state index contributed by atoms with van der Waals surface area (Å²) in [7, 11) is 0. The van der Waals surface area contributed by atoms with Crippen LogP contribution in [0.5, 0.6) is 5.75 Å². The number of nitrogens with one attached hydrogen (secondary N) is 1. The van der Waals surface area contributed by atoms with E-state index >= 15 is 0 Å². The number of amides is 1. The number of hydrogen-bond acceptors (Lipinski definition) is 3. The topological polar surface area (TPSA) is 47.6 Å². The maximum atomic E-state index is 12.4. The van der Waals surface area contributed by atoms with Gasteiger partial charge in [0.1, 0.15) is 12.4 Å². The highest BCUT2D eigenvalue weighted by Crippen LogP contribution is 2.19. The minimum absolute atomic E-state index is 0.0690. The maximum absolute atomic E-state index is 12.4. The second kappa shape index (κ2) is 8.50. The lowest BCUT2D eigenvalue weighted by Crippen LogP contribution is -2.26. The summed E-state index contributed by atoms with van der Waals surface area (Å²) in [5.41, 5.74) is 1.67. The van der Waals surface area contributed by atoms with Crippen LogP contribution in [0, 0.1) is 0 Å². The van der Waals surface area contributed by atoms with E-state index in [0.717, 1.165) is 35.2 Å². The number of benzene rings is 2. The Balaban J connectivity index is 1.54. The van der Waals surface area contributed by atoms with Gasteiger partial charge < -0.3 is 14.8 Å². The lowest BCUT2D eigenvalue weighted by molar-refractivity contribution is 0.0679. The molecule has 1 heterocycles. The summed E-state index contributed by atoms with van der Waals surface area (Å²) in [6.07, 6.45) is 2.34. The van der Waals surface area contributed by atoms with Crippen LogP contribution in [0.3, 0.4) is 0 Å². The summed E-state index contributed by atoms with van der Waals surface area (Å²) >= 11 is 3.45. The highest BCUT2D eigenvalue weighted by molar-refractivity contribution is 9.10. The average Bonchev–Trinajstić information content (AvgIpc) is 3.14. The van der Waals surface area contributed by atoms with Gasteiger partial charge in [-0.1, -0.05) is 28.1 Å². The van der Waals surface area contributed by atoms with Crippen LogP contribution >= 0.6 is 15.9 Å². The quantitative estimate of drug-likeness (QED) is 0.772. The molecule has 2 aromatic rings. The molecule has 0 aliphatic carbocycles. The van der Waals surface area contributed by atoms with Gasteiger partial charge in [-0.05, 0) is 61.7 Å². The van der Waals surface area contributed by atoms with E-state index in [1.807, 2.05) is 43.3 Å². The average molecular weight is 404 g/mol. The molecule has 2 atom stereocenters. The van der Waals surface area contributed by atoms with Gasteiger partial charge in [0.25, 0.3) is 5.91 Å². The number of carbonyl (C=O) groups excluding carboxylic acids is 1. The lowest BCUT2D eigenvalue weighted by Gasteiger charge is -2.15. The van der Waals surface area contributed by atoms with E-state index in [1.54, 1.807) is 12.1 Å². The Labute approximate surface area is 156 Å². The third-order valence-corrected chi connectivity index (χ3v) is 4.77. The summed E-state index contributed by atoms with van der Waals surface area (Å²) in [5.74, 6) is 0.658. The summed E-state index contributed by atoms with van der Waals surface area (Å²) in [5, 5.41) is 3.02. The molecule has 5 heteroatoms. The van der Waals surface area contributed by atoms with Crippen molar-refractivity contribution >= 4 is 21.8 Å². The first kappa shape index (κ1) is 18.0. The molecule has 1 amide bonds. The fraction of sp³-hybridized carbons (Fsp3) is 0.350. The van der Waals surface area contributed by atoms with Crippen molar-refractivity contribution in [2.24, 2.45) is 0 Å². The molecule has 0 radical (unpaired) electrons. The molecule has 4 nitrogen and oxygen atoms in total. The summed E-state index contributed by atoms with van der Waals surface area (Å²) in [6, 6.07) is 15.1. The number of rotatable bonds is 6. The molecule has 0 bridgehead atoms. The van der Waals surface area contributed by atoms with Crippen LogP contribution in [-0.4, -0.2) is 25.2 Å². The largest absolute Gasteiger partial charge is 0.491 e. The maximum Gasteiger partial charge on any atom is 0.251 e. The Morgan fingerprint density at radius 1 is 1.32 bits per heavy atom. The van der Waals surface area contributed by atoms with Crippen LogP contribution in [0.15, 0.2) is 53.0 Å². The predicted octanol–water partition coefficient (Wildman–Crippen LogP) is 4.50. The first-order chi connectivity index (χ1) is 12.1. The van der Waals surface area contributed by atoms with Gasteiger partial charge in [-0.25, -0.2) is 0 Å². The predicted molar refractivity (Wildman–Crippen MR) is 101 cm³/mol. The van der Waals surface area contributed by atoms with Gasteiger partial charge in [-0.3, -0.25) is 4.79 Å². The van der Waals surface area contributed by atoms with Gasteiger partial charge >= 0.3 is 0 Å². The van der Waals surface area contributed by atoms with Crippen molar-refractivity contribution in [1.82, 2.24) is 5.32 Å². The molecular weight excluding hydrogens is 382 g/mol. The Morgan fingerprint density at radius 2 is 2.12 bits per heavy atom. The van der Waals surface area contributed by atoms with Crippen LogP contribution in [0.4, 0.5) is 0 Å². The zero-order chi connectivity index (χ0) is 17.6. The van der Waals surface area contributed by atoms with E-state index in [0.29, 0.717) is 12.2 Å². The Morgan fingerprint density at radius 3 is 2.80 bits per heavy atom. The van der Waals surface area contributed by atoms with Gasteiger partial charge in [-0.2, -0.15) is 0 Å². The van der Waals surface area contributed by atoms with Crippen molar-refractivity contribution in [2.45, 2.75) is 31.9 Å². The monoisotopic (exact) mass is 403 g/mol. The van der Waals surface area contributed by atoms with Gasteiger partial charge in [-0.15, -0.1) is 0 Å². The molecule has 1 fully saturated rings. The van der Waals surface area contributed by atoms with Crippen molar-refractivity contribution in [3.05, 3.63) is 64.1 Å². The molecule has 2 aromatic carbocycles. The smallest absolute Gasteiger partial charge is 0.251 e. The first-order valence-corrected chi connectivity index (χ1v) is 9.32. The normalized spacial score (nSPS) is 17.9. The van der Waals surface area contributed by atoms with Gasteiger partial charge in [0, 0.05) is 16.6 Å². The zero-order valence-electron chi connectivity index (χ0n) is 14.2. The third-order valence-electron chi connectivity index (χ3n) is 4.27. The standard InChI is InChI=1S/C20H22BrNO3/c1-14(16-4-2-5-17(21)12-16)22-20(23)15-7-9-18(10-8-15)25-13-19-6-3-11-24-19/h2,4-5,7-10,12,14,19H,3,6,11,13H2,1H3,(H,22,23). The molecular formula is C20H22BrNO3. The van der Waals surface area contributed by atoms with Crippen molar-refractivity contribution in [3.8, 4) is 5.75 Å². The van der Waals surface area contributed by atoms with Crippen LogP contribution < -0.4 is 10.1 Å². The van der Waals surface area contributed by atoms with Crippen LogP contribution in [0.2, 0.25) is 0 Å². The number of carbonyl (C=O) groups is 1. The summed E-state index contributed by atoms with van der Waals surface area (Å²) < 4.78 is 12.3. The molecule has 3 rings (SSSR count). The van der Waals surface area contributed by atoms with Crippen molar-refractivity contribution < 1.29 is 14.3 Å². The molecule has 1 aliphatic heterocycles. The zero-order valence-corrected chi connectivity index (χ0v) is 15.8. The molecule has 1 aliphatic rings. The van der Waals surface area contributed by atoms with Crippen LogP contribution in [-0.2, 0) is 4.74 Å². The van der Waals surface area contributed by atoms with Crippen LogP contribution in [0.1, 0.15) is 41.7 Å². The summed E-state index contributed by atoms with van der Waals surface area (Å²) in [6.45, 7) is 3.35. The fourth-order valence-electron chi connectivity index (χ4n) is 2.81. The number of ether oxygens (including phenoxy) is 2. The van der Waals surface area contributed by atoms with Gasteiger partial charge in [0.05, 0.1) is 12.1 Å². The van der Waals surface area contributed by atoms with Gasteiger partial charge in [0.2, 0.25) is 0 Å². The lowest BCUT2D eigenvalue weighted by atomic mass is 10.1. The van der Waals surface area contributed by atoms with Crippen molar-refractivity contribution in [3.63, 3.8) is 0 Å². The van der Waals surface area contributed by atoms with E-state index in [-0.39, 0.29) is 18.1 Å². The summed E-state index contributed by atoms with van der Waals surface area (Å²) in [4.78, 5) is 12.4. The molecule has 0 aromatic heterocycles. The van der Waals surface area contributed by atoms with Crippen molar-refractivity contribution in [2.75, 3.05) is 13.2 Å².